The normalized spacial score (nSPS) is 15.6. The molecule has 1 amide bonds. The first-order valence-corrected chi connectivity index (χ1v) is 8.24. The lowest BCUT2D eigenvalue weighted by Crippen LogP contribution is -2.20. The molecule has 3 rings (SSSR count). The van der Waals surface area contributed by atoms with Gasteiger partial charge in [0.15, 0.2) is 0 Å². The van der Waals surface area contributed by atoms with Crippen molar-refractivity contribution < 1.29 is 9.53 Å². The van der Waals surface area contributed by atoms with Gasteiger partial charge in [0.05, 0.1) is 22.5 Å². The number of hydrogen-bond acceptors (Lipinski definition) is 3. The molecule has 0 saturated carbocycles. The molecule has 23 heavy (non-hydrogen) atoms. The SMILES string of the molecule is O=C(Nc1cnn(CC2CCOCC2)c1)c1ccc(Cl)cc1Cl. The van der Waals surface area contributed by atoms with Crippen LogP contribution in [0.1, 0.15) is 23.2 Å². The van der Waals surface area contributed by atoms with E-state index in [0.29, 0.717) is 27.2 Å². The Morgan fingerprint density at radius 2 is 2.13 bits per heavy atom. The fraction of sp³-hybridized carbons (Fsp3) is 0.375. The molecule has 1 aliphatic heterocycles. The minimum Gasteiger partial charge on any atom is -0.381 e. The fourth-order valence-corrected chi connectivity index (χ4v) is 3.09. The molecule has 0 spiro atoms. The Morgan fingerprint density at radius 3 is 2.87 bits per heavy atom. The Morgan fingerprint density at radius 1 is 1.35 bits per heavy atom. The molecule has 0 unspecified atom stereocenters. The molecule has 122 valence electrons. The number of rotatable bonds is 4. The van der Waals surface area contributed by atoms with E-state index in [1.165, 1.54) is 0 Å². The van der Waals surface area contributed by atoms with Crippen LogP contribution in [-0.2, 0) is 11.3 Å². The van der Waals surface area contributed by atoms with Crippen LogP contribution in [0.4, 0.5) is 5.69 Å². The second kappa shape index (κ2) is 7.34. The molecular weight excluding hydrogens is 337 g/mol. The van der Waals surface area contributed by atoms with Crippen molar-refractivity contribution in [3.8, 4) is 0 Å². The summed E-state index contributed by atoms with van der Waals surface area (Å²) in [4.78, 5) is 12.3. The Balaban J connectivity index is 1.62. The van der Waals surface area contributed by atoms with Crippen LogP contribution >= 0.6 is 23.2 Å². The van der Waals surface area contributed by atoms with Gasteiger partial charge in [-0.2, -0.15) is 5.10 Å². The van der Waals surface area contributed by atoms with Crippen LogP contribution in [0.3, 0.4) is 0 Å². The number of amides is 1. The highest BCUT2D eigenvalue weighted by atomic mass is 35.5. The van der Waals surface area contributed by atoms with E-state index in [-0.39, 0.29) is 5.91 Å². The van der Waals surface area contributed by atoms with Crippen LogP contribution in [0.5, 0.6) is 0 Å². The van der Waals surface area contributed by atoms with Crippen molar-refractivity contribution in [3.63, 3.8) is 0 Å². The van der Waals surface area contributed by atoms with Crippen LogP contribution < -0.4 is 5.32 Å². The Kier molecular flexibility index (Phi) is 5.20. The van der Waals surface area contributed by atoms with Gasteiger partial charge < -0.3 is 10.1 Å². The number of aromatic nitrogens is 2. The van der Waals surface area contributed by atoms with Crippen molar-refractivity contribution in [3.05, 3.63) is 46.2 Å². The summed E-state index contributed by atoms with van der Waals surface area (Å²) < 4.78 is 7.21. The first kappa shape index (κ1) is 16.3. The van der Waals surface area contributed by atoms with Crippen LogP contribution in [0.25, 0.3) is 0 Å². The topological polar surface area (TPSA) is 56.2 Å². The summed E-state index contributed by atoms with van der Waals surface area (Å²) in [6.07, 6.45) is 5.56. The van der Waals surface area contributed by atoms with E-state index in [1.807, 2.05) is 10.9 Å². The zero-order valence-corrected chi connectivity index (χ0v) is 14.0. The van der Waals surface area contributed by atoms with Crippen LogP contribution in [-0.4, -0.2) is 28.9 Å². The number of halogens is 2. The summed E-state index contributed by atoms with van der Waals surface area (Å²) in [5.41, 5.74) is 1.03. The molecule has 2 heterocycles. The van der Waals surface area contributed by atoms with Crippen molar-refractivity contribution in [1.82, 2.24) is 9.78 Å². The molecule has 1 aromatic heterocycles. The highest BCUT2D eigenvalue weighted by Crippen LogP contribution is 2.22. The van der Waals surface area contributed by atoms with Crippen molar-refractivity contribution in [2.24, 2.45) is 5.92 Å². The standard InChI is InChI=1S/C16H17Cl2N3O2/c17-12-1-2-14(15(18)7-12)16(22)20-13-8-19-21(10-13)9-11-3-5-23-6-4-11/h1-2,7-8,10-11H,3-6,9H2,(H,20,22). The molecular formula is C16H17Cl2N3O2. The van der Waals surface area contributed by atoms with Crippen LogP contribution in [0.2, 0.25) is 10.0 Å². The zero-order valence-electron chi connectivity index (χ0n) is 12.5. The third-order valence-electron chi connectivity index (χ3n) is 3.85. The van der Waals surface area contributed by atoms with Gasteiger partial charge in [-0.3, -0.25) is 9.48 Å². The van der Waals surface area contributed by atoms with Gasteiger partial charge in [0, 0.05) is 31.0 Å². The van der Waals surface area contributed by atoms with Gasteiger partial charge in [-0.25, -0.2) is 0 Å². The number of nitrogens with zero attached hydrogens (tertiary/aromatic N) is 2. The summed E-state index contributed by atoms with van der Waals surface area (Å²) in [6.45, 7) is 2.45. The highest BCUT2D eigenvalue weighted by Gasteiger charge is 2.16. The summed E-state index contributed by atoms with van der Waals surface area (Å²) in [6, 6.07) is 4.79. The van der Waals surface area contributed by atoms with E-state index in [2.05, 4.69) is 10.4 Å². The van der Waals surface area contributed by atoms with Crippen molar-refractivity contribution in [1.29, 1.82) is 0 Å². The van der Waals surface area contributed by atoms with E-state index >= 15 is 0 Å². The number of carbonyl (C=O) groups is 1. The predicted octanol–water partition coefficient (Wildman–Crippen LogP) is 3.87. The summed E-state index contributed by atoms with van der Waals surface area (Å²) >= 11 is 11.9. The molecule has 1 N–H and O–H groups in total. The minimum atomic E-state index is -0.280. The molecule has 1 aliphatic rings. The Hall–Kier alpha value is -1.56. The zero-order chi connectivity index (χ0) is 16.2. The van der Waals surface area contributed by atoms with E-state index < -0.39 is 0 Å². The quantitative estimate of drug-likeness (QED) is 0.907. The van der Waals surface area contributed by atoms with Crippen LogP contribution in [0, 0.1) is 5.92 Å². The molecule has 5 nitrogen and oxygen atoms in total. The number of carbonyl (C=O) groups excluding carboxylic acids is 1. The van der Waals surface area contributed by atoms with Gasteiger partial charge in [-0.15, -0.1) is 0 Å². The average molecular weight is 354 g/mol. The van der Waals surface area contributed by atoms with Crippen molar-refractivity contribution in [2.75, 3.05) is 18.5 Å². The van der Waals surface area contributed by atoms with Gasteiger partial charge in [0.1, 0.15) is 0 Å². The number of hydrogen-bond donors (Lipinski definition) is 1. The molecule has 1 aromatic carbocycles. The highest BCUT2D eigenvalue weighted by molar-refractivity contribution is 6.37. The van der Waals surface area contributed by atoms with Crippen molar-refractivity contribution in [2.45, 2.75) is 19.4 Å². The molecule has 0 radical (unpaired) electrons. The molecule has 7 heteroatoms. The summed E-state index contributed by atoms with van der Waals surface area (Å²) in [7, 11) is 0. The maximum atomic E-state index is 12.3. The van der Waals surface area contributed by atoms with Gasteiger partial charge in [-0.05, 0) is 37.0 Å². The predicted molar refractivity (Wildman–Crippen MR) is 90.2 cm³/mol. The minimum absolute atomic E-state index is 0.280. The lowest BCUT2D eigenvalue weighted by Gasteiger charge is -2.21. The Labute approximate surface area is 144 Å². The lowest BCUT2D eigenvalue weighted by atomic mass is 10.0. The smallest absolute Gasteiger partial charge is 0.257 e. The number of anilines is 1. The maximum Gasteiger partial charge on any atom is 0.257 e. The molecule has 1 fully saturated rings. The molecule has 0 atom stereocenters. The molecule has 1 saturated heterocycles. The summed E-state index contributed by atoms with van der Waals surface area (Å²) in [5.74, 6) is 0.287. The third-order valence-corrected chi connectivity index (χ3v) is 4.40. The molecule has 0 aliphatic carbocycles. The first-order valence-electron chi connectivity index (χ1n) is 7.48. The maximum absolute atomic E-state index is 12.3. The second-order valence-corrected chi connectivity index (χ2v) is 6.43. The summed E-state index contributed by atoms with van der Waals surface area (Å²) in [5, 5.41) is 7.92. The third kappa shape index (κ3) is 4.25. The molecule has 0 bridgehead atoms. The first-order chi connectivity index (χ1) is 11.1. The largest absolute Gasteiger partial charge is 0.381 e. The van der Waals surface area contributed by atoms with E-state index in [1.54, 1.807) is 24.4 Å². The average Bonchev–Trinajstić information content (AvgIpc) is 2.95. The van der Waals surface area contributed by atoms with Gasteiger partial charge in [0.2, 0.25) is 0 Å². The van der Waals surface area contributed by atoms with Crippen LogP contribution in [0.15, 0.2) is 30.6 Å². The lowest BCUT2D eigenvalue weighted by molar-refractivity contribution is 0.0601. The number of benzene rings is 1. The number of nitrogens with one attached hydrogen (secondary N) is 1. The van der Waals surface area contributed by atoms with E-state index in [9.17, 15) is 4.79 Å². The monoisotopic (exact) mass is 353 g/mol. The second-order valence-electron chi connectivity index (χ2n) is 5.59. The molecule has 2 aromatic rings. The fourth-order valence-electron chi connectivity index (χ4n) is 2.59. The van der Waals surface area contributed by atoms with Gasteiger partial charge in [0.25, 0.3) is 5.91 Å². The number of ether oxygens (including phenoxy) is 1. The van der Waals surface area contributed by atoms with E-state index in [0.717, 1.165) is 32.6 Å². The Bertz CT molecular complexity index is 696. The van der Waals surface area contributed by atoms with Crippen molar-refractivity contribution >= 4 is 34.8 Å². The van der Waals surface area contributed by atoms with Gasteiger partial charge in [-0.1, -0.05) is 23.2 Å². The van der Waals surface area contributed by atoms with E-state index in [4.69, 9.17) is 27.9 Å². The van der Waals surface area contributed by atoms with Gasteiger partial charge >= 0.3 is 0 Å².